The topological polar surface area (TPSA) is 65.9 Å². The summed E-state index contributed by atoms with van der Waals surface area (Å²) >= 11 is 3.63. The lowest BCUT2D eigenvalue weighted by atomic mass is 9.79. The molecule has 2 aliphatic heterocycles. The Kier molecular flexibility index (Phi) is 2.86. The second-order valence-corrected chi connectivity index (χ2v) is 7.79. The molecule has 0 fully saturated rings. The minimum absolute atomic E-state index is 0.0610. The van der Waals surface area contributed by atoms with Crippen molar-refractivity contribution in [3.63, 3.8) is 0 Å². The predicted molar refractivity (Wildman–Crippen MR) is 104 cm³/mol. The van der Waals surface area contributed by atoms with Crippen LogP contribution in [0.4, 0.5) is 11.4 Å². The Morgan fingerprint density at radius 3 is 2.77 bits per heavy atom. The largest absolute Gasteiger partial charge is 0.467 e. The quantitative estimate of drug-likeness (QED) is 0.399. The molecule has 0 saturated carbocycles. The lowest BCUT2D eigenvalue weighted by Gasteiger charge is -2.36. The van der Waals surface area contributed by atoms with Gasteiger partial charge in [-0.25, -0.2) is 0 Å². The highest BCUT2D eigenvalue weighted by atomic mass is 79.9. The first kappa shape index (κ1) is 14.4. The summed E-state index contributed by atoms with van der Waals surface area (Å²) in [5.41, 5.74) is 5.90. The van der Waals surface area contributed by atoms with Crippen LogP contribution in [0, 0.1) is 0 Å². The van der Waals surface area contributed by atoms with Gasteiger partial charge in [0.2, 0.25) is 0 Å². The zero-order valence-corrected chi connectivity index (χ0v) is 15.2. The van der Waals surface area contributed by atoms with Gasteiger partial charge >= 0.3 is 0 Å². The van der Waals surface area contributed by atoms with Gasteiger partial charge in [0.1, 0.15) is 5.76 Å². The molecule has 6 rings (SSSR count). The molecular formula is C20H15BrN4O. The van der Waals surface area contributed by atoms with Crippen LogP contribution in [0.1, 0.15) is 34.9 Å². The minimum Gasteiger partial charge on any atom is -0.467 e. The van der Waals surface area contributed by atoms with Crippen molar-refractivity contribution in [2.24, 2.45) is 0 Å². The Hall–Kier alpha value is -2.73. The molecule has 0 radical (unpaired) electrons. The van der Waals surface area contributed by atoms with E-state index in [9.17, 15) is 0 Å². The molecule has 0 spiro atoms. The lowest BCUT2D eigenvalue weighted by molar-refractivity contribution is 0.419. The smallest absolute Gasteiger partial charge is 0.126 e. The predicted octanol–water partition coefficient (Wildman–Crippen LogP) is 5.34. The number of aromatic amines is 1. The Morgan fingerprint density at radius 2 is 1.88 bits per heavy atom. The summed E-state index contributed by atoms with van der Waals surface area (Å²) in [5, 5.41) is 16.0. The highest BCUT2D eigenvalue weighted by Gasteiger charge is 2.45. The van der Waals surface area contributed by atoms with Crippen molar-refractivity contribution >= 4 is 38.2 Å². The van der Waals surface area contributed by atoms with E-state index in [4.69, 9.17) is 4.42 Å². The van der Waals surface area contributed by atoms with E-state index >= 15 is 0 Å². The van der Waals surface area contributed by atoms with Gasteiger partial charge in [-0.3, -0.25) is 5.10 Å². The molecule has 2 aliphatic rings. The van der Waals surface area contributed by atoms with Crippen LogP contribution in [0.2, 0.25) is 0 Å². The Bertz CT molecular complexity index is 1130. The average molecular weight is 407 g/mol. The number of halogens is 1. The number of hydrogen-bond acceptors (Lipinski definition) is 4. The fourth-order valence-corrected chi connectivity index (χ4v) is 4.84. The number of nitrogens with one attached hydrogen (secondary N) is 3. The fourth-order valence-electron chi connectivity index (χ4n) is 4.46. The summed E-state index contributed by atoms with van der Waals surface area (Å²) < 4.78 is 6.88. The number of nitrogens with zero attached hydrogens (tertiary/aromatic N) is 1. The van der Waals surface area contributed by atoms with Crippen LogP contribution in [0.25, 0.3) is 10.9 Å². The number of furan rings is 1. The van der Waals surface area contributed by atoms with Crippen LogP contribution in [0.3, 0.4) is 0 Å². The van der Waals surface area contributed by atoms with E-state index in [2.05, 4.69) is 67.1 Å². The third-order valence-electron chi connectivity index (χ3n) is 5.53. The van der Waals surface area contributed by atoms with E-state index in [0.29, 0.717) is 0 Å². The Labute approximate surface area is 157 Å². The molecule has 0 amide bonds. The van der Waals surface area contributed by atoms with E-state index in [1.165, 1.54) is 16.8 Å². The minimum atomic E-state index is 0.0610. The van der Waals surface area contributed by atoms with Crippen LogP contribution in [-0.4, -0.2) is 10.2 Å². The number of aromatic nitrogens is 2. The highest BCUT2D eigenvalue weighted by Crippen LogP contribution is 2.57. The lowest BCUT2D eigenvalue weighted by Crippen LogP contribution is -2.29. The number of rotatable bonds is 1. The molecule has 6 heteroatoms. The van der Waals surface area contributed by atoms with Gasteiger partial charge in [0.15, 0.2) is 0 Å². The molecule has 0 bridgehead atoms. The molecule has 128 valence electrons. The third-order valence-corrected chi connectivity index (χ3v) is 6.02. The molecule has 4 heterocycles. The van der Waals surface area contributed by atoms with Crippen LogP contribution < -0.4 is 10.6 Å². The van der Waals surface area contributed by atoms with Gasteiger partial charge in [-0.1, -0.05) is 15.9 Å². The maximum atomic E-state index is 5.79. The van der Waals surface area contributed by atoms with Crippen molar-refractivity contribution < 1.29 is 4.42 Å². The zero-order valence-electron chi connectivity index (χ0n) is 13.7. The summed E-state index contributed by atoms with van der Waals surface area (Å²) in [7, 11) is 0. The zero-order chi connectivity index (χ0) is 17.3. The molecule has 0 saturated heterocycles. The first-order valence-corrected chi connectivity index (χ1v) is 9.41. The van der Waals surface area contributed by atoms with Crippen molar-refractivity contribution in [1.29, 1.82) is 0 Å². The van der Waals surface area contributed by atoms with Gasteiger partial charge < -0.3 is 15.1 Å². The van der Waals surface area contributed by atoms with Crippen LogP contribution in [0.15, 0.2) is 63.8 Å². The maximum absolute atomic E-state index is 5.79. The fraction of sp³-hybridized carbons (Fsp3) is 0.150. The van der Waals surface area contributed by atoms with E-state index in [-0.39, 0.29) is 18.0 Å². The standard InChI is InChI=1S/C20H15BrN4O/c21-11-4-6-13-12(8-11)16-19(15-2-1-7-26-15)24-14-5-3-10-9-22-25-18(10)17(14)20(16)23-13/h1-9,16,19-20,23-24H,(H,22,25)/t16-,19-,20-/m0/s1. The molecule has 0 unspecified atom stereocenters. The SMILES string of the molecule is Brc1ccc2c(c1)[C@@H]1[C@H](N2)c2c(ccc3cn[nH]c23)N[C@H]1c1ccco1. The van der Waals surface area contributed by atoms with Crippen LogP contribution in [-0.2, 0) is 0 Å². The van der Waals surface area contributed by atoms with Crippen molar-refractivity contribution in [1.82, 2.24) is 10.2 Å². The molecule has 3 atom stereocenters. The number of anilines is 2. The number of benzene rings is 2. The van der Waals surface area contributed by atoms with E-state index in [1.807, 2.05) is 18.3 Å². The van der Waals surface area contributed by atoms with E-state index in [1.54, 1.807) is 6.26 Å². The van der Waals surface area contributed by atoms with Crippen molar-refractivity contribution in [2.75, 3.05) is 10.6 Å². The molecule has 0 aliphatic carbocycles. The second-order valence-electron chi connectivity index (χ2n) is 6.88. The van der Waals surface area contributed by atoms with Crippen molar-refractivity contribution in [2.45, 2.75) is 18.0 Å². The number of fused-ring (bicyclic) bond motifs is 7. The Balaban J connectivity index is 1.62. The second kappa shape index (κ2) is 5.14. The summed E-state index contributed by atoms with van der Waals surface area (Å²) in [6.07, 6.45) is 3.62. The monoisotopic (exact) mass is 406 g/mol. The van der Waals surface area contributed by atoms with Gasteiger partial charge in [-0.2, -0.15) is 5.10 Å². The van der Waals surface area contributed by atoms with E-state index in [0.717, 1.165) is 26.8 Å². The third kappa shape index (κ3) is 1.88. The first-order chi connectivity index (χ1) is 12.8. The van der Waals surface area contributed by atoms with Crippen LogP contribution >= 0.6 is 15.9 Å². The van der Waals surface area contributed by atoms with Gasteiger partial charge in [-0.15, -0.1) is 0 Å². The highest BCUT2D eigenvalue weighted by molar-refractivity contribution is 9.10. The number of hydrogen-bond donors (Lipinski definition) is 3. The molecule has 5 nitrogen and oxygen atoms in total. The maximum Gasteiger partial charge on any atom is 0.126 e. The van der Waals surface area contributed by atoms with Crippen molar-refractivity contribution in [3.8, 4) is 0 Å². The molecule has 2 aromatic heterocycles. The van der Waals surface area contributed by atoms with Gasteiger partial charge in [-0.05, 0) is 48.0 Å². The molecular weight excluding hydrogens is 392 g/mol. The molecule has 26 heavy (non-hydrogen) atoms. The summed E-state index contributed by atoms with van der Waals surface area (Å²) in [5.74, 6) is 1.17. The molecule has 4 aromatic rings. The summed E-state index contributed by atoms with van der Waals surface area (Å²) in [4.78, 5) is 0. The van der Waals surface area contributed by atoms with E-state index < -0.39 is 0 Å². The molecule has 2 aromatic carbocycles. The first-order valence-electron chi connectivity index (χ1n) is 8.61. The number of H-pyrrole nitrogens is 1. The van der Waals surface area contributed by atoms with Gasteiger partial charge in [0, 0.05) is 32.7 Å². The average Bonchev–Trinajstić information content (AvgIpc) is 3.39. The van der Waals surface area contributed by atoms with Crippen LogP contribution in [0.5, 0.6) is 0 Å². The molecule has 3 N–H and O–H groups in total. The van der Waals surface area contributed by atoms with Gasteiger partial charge in [0.05, 0.1) is 30.1 Å². The summed E-state index contributed by atoms with van der Waals surface area (Å²) in [6, 6.07) is 14.9. The van der Waals surface area contributed by atoms with Gasteiger partial charge in [0.25, 0.3) is 0 Å². The Morgan fingerprint density at radius 1 is 1.00 bits per heavy atom. The normalized spacial score (nSPS) is 23.0. The summed E-state index contributed by atoms with van der Waals surface area (Å²) in [6.45, 7) is 0. The van der Waals surface area contributed by atoms with Crippen molar-refractivity contribution in [3.05, 3.63) is 76.3 Å².